The van der Waals surface area contributed by atoms with Crippen LogP contribution in [0.3, 0.4) is 0 Å². The van der Waals surface area contributed by atoms with Gasteiger partial charge in [-0.1, -0.05) is 84.9 Å². The third-order valence-electron chi connectivity index (χ3n) is 8.96. The Labute approximate surface area is 251 Å². The summed E-state index contributed by atoms with van der Waals surface area (Å²) in [6, 6.07) is 48.8. The number of fused-ring (bicyclic) bond motifs is 1. The van der Waals surface area contributed by atoms with Gasteiger partial charge in [0, 0.05) is 43.7 Å². The molecule has 0 aliphatic carbocycles. The van der Waals surface area contributed by atoms with Crippen LogP contribution >= 0.6 is 0 Å². The fourth-order valence-electron chi connectivity index (χ4n) is 7.03. The zero-order chi connectivity index (χ0) is 28.8. The molecule has 7 aromatic carbocycles. The Bertz CT molecular complexity index is 2600. The highest BCUT2D eigenvalue weighted by molar-refractivity contribution is 6.33. The highest BCUT2D eigenvalue weighted by atomic mass is 16.3. The molecular formula is C40H23N3O. The molecule has 0 radical (unpaired) electrons. The van der Waals surface area contributed by atoms with E-state index in [0.717, 1.165) is 66.4 Å². The number of para-hydroxylation sites is 1. The summed E-state index contributed by atoms with van der Waals surface area (Å²) in [4.78, 5) is 10.1. The number of hydrogen-bond acceptors (Lipinski definition) is 3. The molecule has 0 unspecified atom stereocenters. The highest BCUT2D eigenvalue weighted by Gasteiger charge is 2.21. The van der Waals surface area contributed by atoms with Crippen molar-refractivity contribution in [3.63, 3.8) is 0 Å². The minimum Gasteiger partial charge on any atom is -0.456 e. The number of hydrogen-bond donors (Lipinski definition) is 0. The van der Waals surface area contributed by atoms with E-state index in [-0.39, 0.29) is 0 Å². The molecule has 0 amide bonds. The second-order valence-electron chi connectivity index (χ2n) is 11.4. The van der Waals surface area contributed by atoms with Gasteiger partial charge in [-0.15, -0.1) is 0 Å². The van der Waals surface area contributed by atoms with Crippen molar-refractivity contribution in [2.75, 3.05) is 0 Å². The van der Waals surface area contributed by atoms with E-state index in [1.54, 1.807) is 0 Å². The van der Waals surface area contributed by atoms with Gasteiger partial charge in [0.1, 0.15) is 11.2 Å². The summed E-state index contributed by atoms with van der Waals surface area (Å²) in [5.41, 5.74) is 9.15. The molecule has 204 valence electrons. The fourth-order valence-corrected chi connectivity index (χ4v) is 7.03. The van der Waals surface area contributed by atoms with Crippen molar-refractivity contribution in [1.82, 2.24) is 14.5 Å². The van der Waals surface area contributed by atoms with Gasteiger partial charge in [-0.25, -0.2) is 9.97 Å². The van der Waals surface area contributed by atoms with E-state index in [9.17, 15) is 0 Å². The average molecular weight is 562 g/mol. The first-order valence-corrected chi connectivity index (χ1v) is 14.8. The third kappa shape index (κ3) is 3.22. The predicted molar refractivity (Wildman–Crippen MR) is 181 cm³/mol. The smallest absolute Gasteiger partial charge is 0.160 e. The maximum absolute atomic E-state index is 6.57. The first kappa shape index (κ1) is 23.6. The van der Waals surface area contributed by atoms with Crippen LogP contribution in [0, 0.1) is 0 Å². The average Bonchev–Trinajstić information content (AvgIpc) is 3.34. The van der Waals surface area contributed by atoms with E-state index in [1.807, 2.05) is 18.2 Å². The van der Waals surface area contributed by atoms with E-state index in [4.69, 9.17) is 14.4 Å². The van der Waals surface area contributed by atoms with E-state index >= 15 is 0 Å². The Kier molecular flexibility index (Phi) is 4.69. The molecule has 0 saturated carbocycles. The first-order chi connectivity index (χ1) is 21.8. The number of aromatic nitrogens is 3. The molecule has 0 saturated heterocycles. The van der Waals surface area contributed by atoms with E-state index < -0.39 is 0 Å². The number of nitrogens with zero attached hydrogens (tertiary/aromatic N) is 3. The molecule has 44 heavy (non-hydrogen) atoms. The summed E-state index contributed by atoms with van der Waals surface area (Å²) in [7, 11) is 0. The Morgan fingerprint density at radius 1 is 0.455 bits per heavy atom. The van der Waals surface area contributed by atoms with Crippen LogP contribution in [0.2, 0.25) is 0 Å². The van der Waals surface area contributed by atoms with Gasteiger partial charge in [0.2, 0.25) is 0 Å². The van der Waals surface area contributed by atoms with Gasteiger partial charge in [-0.05, 0) is 65.4 Å². The largest absolute Gasteiger partial charge is 0.456 e. The normalized spacial score (nSPS) is 12.1. The Morgan fingerprint density at radius 2 is 1.09 bits per heavy atom. The van der Waals surface area contributed by atoms with Crippen molar-refractivity contribution in [2.45, 2.75) is 0 Å². The monoisotopic (exact) mass is 561 g/mol. The van der Waals surface area contributed by atoms with Crippen LogP contribution in [0.1, 0.15) is 0 Å². The maximum Gasteiger partial charge on any atom is 0.160 e. The van der Waals surface area contributed by atoms with Crippen molar-refractivity contribution in [1.29, 1.82) is 0 Å². The molecule has 10 aromatic rings. The lowest BCUT2D eigenvalue weighted by molar-refractivity contribution is 0.664. The molecule has 0 N–H and O–H groups in total. The lowest BCUT2D eigenvalue weighted by Gasteiger charge is -2.12. The zero-order valence-corrected chi connectivity index (χ0v) is 23.5. The molecule has 0 atom stereocenters. The third-order valence-corrected chi connectivity index (χ3v) is 8.96. The second kappa shape index (κ2) is 8.76. The van der Waals surface area contributed by atoms with E-state index in [0.29, 0.717) is 5.82 Å². The number of benzene rings is 7. The van der Waals surface area contributed by atoms with Gasteiger partial charge in [0.25, 0.3) is 0 Å². The van der Waals surface area contributed by atoms with Crippen LogP contribution in [-0.4, -0.2) is 14.5 Å². The van der Waals surface area contributed by atoms with Crippen molar-refractivity contribution < 1.29 is 4.42 Å². The molecule has 3 heterocycles. The maximum atomic E-state index is 6.57. The molecule has 10 rings (SSSR count). The lowest BCUT2D eigenvalue weighted by Crippen LogP contribution is -1.97. The fraction of sp³-hybridized carbons (Fsp3) is 0. The lowest BCUT2D eigenvalue weighted by atomic mass is 10.00. The topological polar surface area (TPSA) is 43.9 Å². The highest BCUT2D eigenvalue weighted by Crippen LogP contribution is 2.44. The van der Waals surface area contributed by atoms with E-state index in [1.165, 1.54) is 21.5 Å². The number of rotatable bonds is 3. The summed E-state index contributed by atoms with van der Waals surface area (Å²) in [5, 5.41) is 8.19. The summed E-state index contributed by atoms with van der Waals surface area (Å²) in [6.07, 6.45) is 0. The molecule has 0 bridgehead atoms. The minimum atomic E-state index is 0.717. The van der Waals surface area contributed by atoms with Crippen LogP contribution in [0.4, 0.5) is 0 Å². The Morgan fingerprint density at radius 3 is 1.77 bits per heavy atom. The first-order valence-electron chi connectivity index (χ1n) is 14.8. The molecular weight excluding hydrogens is 538 g/mol. The van der Waals surface area contributed by atoms with Crippen molar-refractivity contribution in [3.8, 4) is 28.3 Å². The predicted octanol–water partition coefficient (Wildman–Crippen LogP) is 10.6. The minimum absolute atomic E-state index is 0.717. The van der Waals surface area contributed by atoms with Crippen LogP contribution in [0.15, 0.2) is 144 Å². The van der Waals surface area contributed by atoms with Gasteiger partial charge in [-0.2, -0.15) is 0 Å². The van der Waals surface area contributed by atoms with E-state index in [2.05, 4.69) is 126 Å². The Balaban J connectivity index is 1.22. The quantitative estimate of drug-likeness (QED) is 0.215. The Hall–Kier alpha value is -6.00. The molecule has 0 spiro atoms. The molecule has 4 heteroatoms. The standard InChI is InChI=1S/C40H23N3O/c1-2-8-26(9-3-1)39-29-12-4-5-13-30(29)41-40(42-39)27-16-20-28(21-17-27)43-31-22-18-24-10-6-14-33-35(24)37(31)38-32(43)23-19-25-11-7-15-34(44-33)36(25)38/h1-23H. The van der Waals surface area contributed by atoms with Crippen molar-refractivity contribution >= 4 is 65.4 Å². The van der Waals surface area contributed by atoms with Crippen molar-refractivity contribution in [2.24, 2.45) is 0 Å². The molecule has 0 fully saturated rings. The summed E-state index contributed by atoms with van der Waals surface area (Å²) >= 11 is 0. The van der Waals surface area contributed by atoms with Crippen LogP contribution in [0.25, 0.3) is 93.8 Å². The molecule has 0 aliphatic heterocycles. The summed E-state index contributed by atoms with van der Waals surface area (Å²) < 4.78 is 8.95. The summed E-state index contributed by atoms with van der Waals surface area (Å²) in [6.45, 7) is 0. The van der Waals surface area contributed by atoms with Crippen LogP contribution in [0.5, 0.6) is 0 Å². The van der Waals surface area contributed by atoms with Gasteiger partial charge in [0.05, 0.1) is 22.2 Å². The van der Waals surface area contributed by atoms with Gasteiger partial charge in [0.15, 0.2) is 5.82 Å². The van der Waals surface area contributed by atoms with Gasteiger partial charge < -0.3 is 8.98 Å². The second-order valence-corrected chi connectivity index (χ2v) is 11.4. The van der Waals surface area contributed by atoms with Crippen molar-refractivity contribution in [3.05, 3.63) is 140 Å². The van der Waals surface area contributed by atoms with Crippen LogP contribution < -0.4 is 0 Å². The van der Waals surface area contributed by atoms with Gasteiger partial charge in [-0.3, -0.25) is 0 Å². The molecule has 4 nitrogen and oxygen atoms in total. The summed E-state index contributed by atoms with van der Waals surface area (Å²) in [5.74, 6) is 0.717. The SMILES string of the molecule is c1ccc(-c2nc(-c3ccc(-n4c5ccc6cccc7oc8cccc9ccc4c(c98)c5c67)cc3)nc3ccccc23)cc1. The molecule has 0 aliphatic rings. The van der Waals surface area contributed by atoms with Crippen LogP contribution in [-0.2, 0) is 0 Å². The molecule has 3 aromatic heterocycles. The zero-order valence-electron chi connectivity index (χ0n) is 23.5. The van der Waals surface area contributed by atoms with Gasteiger partial charge >= 0.3 is 0 Å².